The number of carbonyl (C=O) groups is 1. The Labute approximate surface area is 100 Å². The number of methoxy groups -OCH3 is 3. The van der Waals surface area contributed by atoms with E-state index in [0.29, 0.717) is 23.6 Å². The minimum atomic E-state index is -0.265. The molecule has 2 N–H and O–H groups in total. The van der Waals surface area contributed by atoms with Crippen LogP contribution in [0.4, 0.5) is 5.69 Å². The standard InChI is InChI=1S/C12H17NO4/c1-15-10-6-8(4-5-12(14)17-3)9(13)7-11(10)16-2/h6-7H,4-5,13H2,1-3H3. The maximum absolute atomic E-state index is 11.1. The highest BCUT2D eigenvalue weighted by Crippen LogP contribution is 2.32. The minimum Gasteiger partial charge on any atom is -0.493 e. The summed E-state index contributed by atoms with van der Waals surface area (Å²) in [5.74, 6) is 0.910. The quantitative estimate of drug-likeness (QED) is 0.621. The molecule has 0 saturated heterocycles. The van der Waals surface area contributed by atoms with Crippen LogP contribution in [0.2, 0.25) is 0 Å². The van der Waals surface area contributed by atoms with E-state index in [1.807, 2.05) is 0 Å². The minimum absolute atomic E-state index is 0.265. The van der Waals surface area contributed by atoms with Crippen LogP contribution in [-0.2, 0) is 16.0 Å². The predicted octanol–water partition coefficient (Wildman–Crippen LogP) is 1.39. The van der Waals surface area contributed by atoms with Gasteiger partial charge in [0.25, 0.3) is 0 Å². The summed E-state index contributed by atoms with van der Waals surface area (Å²) >= 11 is 0. The lowest BCUT2D eigenvalue weighted by Gasteiger charge is -2.12. The molecule has 0 spiro atoms. The second kappa shape index (κ2) is 5.98. The molecule has 0 aliphatic carbocycles. The van der Waals surface area contributed by atoms with Crippen molar-refractivity contribution in [3.63, 3.8) is 0 Å². The maximum atomic E-state index is 11.1. The van der Waals surface area contributed by atoms with Crippen molar-refractivity contribution in [3.05, 3.63) is 17.7 Å². The largest absolute Gasteiger partial charge is 0.493 e. The molecule has 0 aliphatic heterocycles. The van der Waals surface area contributed by atoms with Gasteiger partial charge in [0.2, 0.25) is 0 Å². The van der Waals surface area contributed by atoms with Crippen LogP contribution in [0.25, 0.3) is 0 Å². The van der Waals surface area contributed by atoms with Crippen LogP contribution >= 0.6 is 0 Å². The molecule has 1 rings (SSSR count). The molecule has 5 heteroatoms. The number of rotatable bonds is 5. The fourth-order valence-corrected chi connectivity index (χ4v) is 1.49. The first kappa shape index (κ1) is 13.2. The van der Waals surface area contributed by atoms with Gasteiger partial charge in [0.1, 0.15) is 0 Å². The van der Waals surface area contributed by atoms with Crippen molar-refractivity contribution in [1.82, 2.24) is 0 Å². The van der Waals surface area contributed by atoms with Crippen LogP contribution in [0.5, 0.6) is 11.5 Å². The van der Waals surface area contributed by atoms with Crippen molar-refractivity contribution in [2.45, 2.75) is 12.8 Å². The summed E-state index contributed by atoms with van der Waals surface area (Å²) < 4.78 is 14.9. The Morgan fingerprint density at radius 1 is 1.18 bits per heavy atom. The molecule has 0 radical (unpaired) electrons. The van der Waals surface area contributed by atoms with E-state index in [4.69, 9.17) is 15.2 Å². The average Bonchev–Trinajstić information content (AvgIpc) is 2.36. The van der Waals surface area contributed by atoms with Gasteiger partial charge in [-0.05, 0) is 18.1 Å². The van der Waals surface area contributed by atoms with E-state index < -0.39 is 0 Å². The molecule has 0 bridgehead atoms. The first-order valence-corrected chi connectivity index (χ1v) is 5.19. The molecule has 0 aromatic heterocycles. The normalized spacial score (nSPS) is 9.82. The summed E-state index contributed by atoms with van der Waals surface area (Å²) in [6.07, 6.45) is 0.801. The van der Waals surface area contributed by atoms with E-state index in [2.05, 4.69) is 4.74 Å². The van der Waals surface area contributed by atoms with Gasteiger partial charge in [-0.15, -0.1) is 0 Å². The predicted molar refractivity (Wildman–Crippen MR) is 64.3 cm³/mol. The highest BCUT2D eigenvalue weighted by molar-refractivity contribution is 5.70. The molecule has 0 heterocycles. The topological polar surface area (TPSA) is 70.8 Å². The Hall–Kier alpha value is -1.91. The number of carbonyl (C=O) groups excluding carboxylic acids is 1. The van der Waals surface area contributed by atoms with Crippen molar-refractivity contribution >= 4 is 11.7 Å². The number of nitrogen functional groups attached to an aromatic ring is 1. The first-order valence-electron chi connectivity index (χ1n) is 5.19. The van der Waals surface area contributed by atoms with E-state index in [-0.39, 0.29) is 12.4 Å². The molecule has 0 atom stereocenters. The molecular weight excluding hydrogens is 222 g/mol. The van der Waals surface area contributed by atoms with Crippen molar-refractivity contribution in [3.8, 4) is 11.5 Å². The molecule has 0 amide bonds. The molecule has 0 unspecified atom stereocenters. The smallest absolute Gasteiger partial charge is 0.305 e. The van der Waals surface area contributed by atoms with Gasteiger partial charge < -0.3 is 19.9 Å². The van der Waals surface area contributed by atoms with Gasteiger partial charge in [0, 0.05) is 18.2 Å². The summed E-state index contributed by atoms with van der Waals surface area (Å²) in [6, 6.07) is 3.46. The Bertz CT molecular complexity index is 404. The Morgan fingerprint density at radius 3 is 2.29 bits per heavy atom. The summed E-state index contributed by atoms with van der Waals surface area (Å²) in [4.78, 5) is 11.1. The number of esters is 1. The van der Waals surface area contributed by atoms with Crippen molar-refractivity contribution in [2.24, 2.45) is 0 Å². The first-order chi connectivity index (χ1) is 8.12. The molecule has 1 aromatic carbocycles. The van der Waals surface area contributed by atoms with E-state index in [1.165, 1.54) is 7.11 Å². The zero-order chi connectivity index (χ0) is 12.8. The van der Waals surface area contributed by atoms with E-state index in [0.717, 1.165) is 5.56 Å². The molecule has 0 saturated carbocycles. The van der Waals surface area contributed by atoms with E-state index in [1.54, 1.807) is 26.4 Å². The molecule has 0 aliphatic rings. The second-order valence-electron chi connectivity index (χ2n) is 3.48. The lowest BCUT2D eigenvalue weighted by molar-refractivity contribution is -0.140. The van der Waals surface area contributed by atoms with Gasteiger partial charge in [-0.3, -0.25) is 4.79 Å². The van der Waals surface area contributed by atoms with Crippen LogP contribution in [0, 0.1) is 0 Å². The van der Waals surface area contributed by atoms with Crippen molar-refractivity contribution in [1.29, 1.82) is 0 Å². The van der Waals surface area contributed by atoms with Crippen LogP contribution in [-0.4, -0.2) is 27.3 Å². The summed E-state index contributed by atoms with van der Waals surface area (Å²) in [7, 11) is 4.46. The SMILES string of the molecule is COC(=O)CCc1cc(OC)c(OC)cc1N. The molecule has 17 heavy (non-hydrogen) atoms. The summed E-state index contributed by atoms with van der Waals surface area (Å²) in [6.45, 7) is 0. The number of aryl methyl sites for hydroxylation is 1. The highest BCUT2D eigenvalue weighted by Gasteiger charge is 2.10. The lowest BCUT2D eigenvalue weighted by Crippen LogP contribution is -2.04. The third-order valence-electron chi connectivity index (χ3n) is 2.47. The van der Waals surface area contributed by atoms with Crippen LogP contribution in [0.1, 0.15) is 12.0 Å². The molecule has 1 aromatic rings. The number of hydrogen-bond acceptors (Lipinski definition) is 5. The lowest BCUT2D eigenvalue weighted by atomic mass is 10.1. The van der Waals surface area contributed by atoms with Gasteiger partial charge in [-0.1, -0.05) is 0 Å². The summed E-state index contributed by atoms with van der Waals surface area (Å²) in [5.41, 5.74) is 7.28. The van der Waals surface area contributed by atoms with Gasteiger partial charge in [-0.25, -0.2) is 0 Å². The number of benzene rings is 1. The molecule has 5 nitrogen and oxygen atoms in total. The zero-order valence-corrected chi connectivity index (χ0v) is 10.3. The summed E-state index contributed by atoms with van der Waals surface area (Å²) in [5, 5.41) is 0. The Morgan fingerprint density at radius 2 is 1.76 bits per heavy atom. The van der Waals surface area contributed by atoms with E-state index in [9.17, 15) is 4.79 Å². The van der Waals surface area contributed by atoms with Gasteiger partial charge in [0.05, 0.1) is 21.3 Å². The highest BCUT2D eigenvalue weighted by atomic mass is 16.5. The van der Waals surface area contributed by atoms with Crippen LogP contribution in [0.3, 0.4) is 0 Å². The van der Waals surface area contributed by atoms with Crippen molar-refractivity contribution < 1.29 is 19.0 Å². The fourth-order valence-electron chi connectivity index (χ4n) is 1.49. The van der Waals surface area contributed by atoms with Crippen LogP contribution < -0.4 is 15.2 Å². The number of hydrogen-bond donors (Lipinski definition) is 1. The number of anilines is 1. The number of ether oxygens (including phenoxy) is 3. The molecular formula is C12H17NO4. The Balaban J connectivity index is 2.89. The third kappa shape index (κ3) is 3.27. The van der Waals surface area contributed by atoms with E-state index >= 15 is 0 Å². The monoisotopic (exact) mass is 239 g/mol. The third-order valence-corrected chi connectivity index (χ3v) is 2.47. The van der Waals surface area contributed by atoms with Gasteiger partial charge in [0.15, 0.2) is 11.5 Å². The van der Waals surface area contributed by atoms with Gasteiger partial charge >= 0.3 is 5.97 Å². The van der Waals surface area contributed by atoms with Crippen molar-refractivity contribution in [2.75, 3.05) is 27.1 Å². The number of nitrogens with two attached hydrogens (primary N) is 1. The second-order valence-corrected chi connectivity index (χ2v) is 3.48. The fraction of sp³-hybridized carbons (Fsp3) is 0.417. The maximum Gasteiger partial charge on any atom is 0.305 e. The molecule has 94 valence electrons. The molecule has 0 fully saturated rings. The average molecular weight is 239 g/mol. The Kier molecular flexibility index (Phi) is 4.63. The zero-order valence-electron chi connectivity index (χ0n) is 10.3. The van der Waals surface area contributed by atoms with Gasteiger partial charge in [-0.2, -0.15) is 0 Å². The van der Waals surface area contributed by atoms with Crippen LogP contribution in [0.15, 0.2) is 12.1 Å².